The lowest BCUT2D eigenvalue weighted by molar-refractivity contribution is 0.996. The van der Waals surface area contributed by atoms with Crippen molar-refractivity contribution in [2.75, 3.05) is 11.1 Å². The van der Waals surface area contributed by atoms with E-state index in [1.807, 2.05) is 18.2 Å². The van der Waals surface area contributed by atoms with Crippen LogP contribution in [0.5, 0.6) is 0 Å². The molecule has 0 aliphatic rings. The van der Waals surface area contributed by atoms with Crippen LogP contribution >= 0.6 is 34.7 Å². The Labute approximate surface area is 119 Å². The first-order valence-corrected chi connectivity index (χ1v) is 7.49. The molecule has 0 atom stereocenters. The quantitative estimate of drug-likeness (QED) is 0.818. The monoisotopic (exact) mass is 297 g/mol. The summed E-state index contributed by atoms with van der Waals surface area (Å²) < 4.78 is 0.896. The van der Waals surface area contributed by atoms with Gasteiger partial charge in [-0.05, 0) is 5.56 Å². The van der Waals surface area contributed by atoms with Crippen LogP contribution in [0.15, 0.2) is 46.3 Å². The number of thioether (sulfide) groups is 1. The van der Waals surface area contributed by atoms with Gasteiger partial charge in [-0.3, -0.25) is 0 Å². The lowest BCUT2D eigenvalue weighted by Gasteiger charge is -2.00. The second-order valence-electron chi connectivity index (χ2n) is 3.52. The first-order valence-electron chi connectivity index (χ1n) is 5.31. The van der Waals surface area contributed by atoms with Gasteiger partial charge in [0.15, 0.2) is 4.34 Å². The van der Waals surface area contributed by atoms with Gasteiger partial charge in [0.2, 0.25) is 5.13 Å². The number of hydrogen-bond acceptors (Lipinski definition) is 5. The molecule has 0 amide bonds. The highest BCUT2D eigenvalue weighted by Gasteiger charge is 2.04. The molecule has 0 aliphatic heterocycles. The van der Waals surface area contributed by atoms with Crippen LogP contribution in [-0.2, 0) is 6.54 Å². The Bertz CT molecular complexity index is 513. The van der Waals surface area contributed by atoms with Crippen LogP contribution in [0, 0.1) is 0 Å². The predicted molar refractivity (Wildman–Crippen MR) is 79.4 cm³/mol. The van der Waals surface area contributed by atoms with Gasteiger partial charge in [0, 0.05) is 17.3 Å². The molecule has 0 spiro atoms. The second kappa shape index (κ2) is 6.78. The minimum absolute atomic E-state index is 0.619. The van der Waals surface area contributed by atoms with Gasteiger partial charge in [-0.15, -0.1) is 10.2 Å². The summed E-state index contributed by atoms with van der Waals surface area (Å²) in [5.41, 5.74) is 1.22. The Hall–Kier alpha value is -1.04. The average Bonchev–Trinajstić information content (AvgIpc) is 2.83. The van der Waals surface area contributed by atoms with Gasteiger partial charge in [0.05, 0.1) is 0 Å². The summed E-state index contributed by atoms with van der Waals surface area (Å²) in [5, 5.41) is 12.8. The molecule has 2 aromatic rings. The molecule has 1 aromatic carbocycles. The Morgan fingerprint density at radius 2 is 2.11 bits per heavy atom. The van der Waals surface area contributed by atoms with Crippen LogP contribution in [0.1, 0.15) is 5.56 Å². The first kappa shape index (κ1) is 13.4. The zero-order chi connectivity index (χ0) is 12.8. The maximum atomic E-state index is 5.70. The van der Waals surface area contributed by atoms with Gasteiger partial charge in [0.25, 0.3) is 0 Å². The zero-order valence-corrected chi connectivity index (χ0v) is 12.0. The molecule has 1 N–H and O–H groups in total. The summed E-state index contributed by atoms with van der Waals surface area (Å²) >= 11 is 8.77. The molecule has 0 unspecified atom stereocenters. The molecule has 2 rings (SSSR count). The fraction of sp³-hybridized carbons (Fsp3) is 0.167. The molecular weight excluding hydrogens is 286 g/mol. The molecule has 0 radical (unpaired) electrons. The van der Waals surface area contributed by atoms with E-state index >= 15 is 0 Å². The predicted octanol–water partition coefficient (Wildman–Crippen LogP) is 3.99. The normalized spacial score (nSPS) is 10.3. The number of anilines is 1. The number of aromatic nitrogens is 2. The Morgan fingerprint density at radius 3 is 2.83 bits per heavy atom. The van der Waals surface area contributed by atoms with Crippen molar-refractivity contribution in [3.63, 3.8) is 0 Å². The van der Waals surface area contributed by atoms with Crippen molar-refractivity contribution in [3.8, 4) is 0 Å². The summed E-state index contributed by atoms with van der Waals surface area (Å²) in [4.78, 5) is 0. The minimum Gasteiger partial charge on any atom is -0.356 e. The molecule has 0 aliphatic carbocycles. The molecular formula is C12H12ClN3S2. The third kappa shape index (κ3) is 4.33. The molecule has 0 saturated heterocycles. The third-order valence-corrected chi connectivity index (χ3v) is 4.44. The van der Waals surface area contributed by atoms with Crippen LogP contribution in [-0.4, -0.2) is 16.0 Å². The van der Waals surface area contributed by atoms with Gasteiger partial charge in [0.1, 0.15) is 0 Å². The SMILES string of the molecule is C=C(Cl)CSc1nnc(NCc2ccccc2)s1. The van der Waals surface area contributed by atoms with Crippen LogP contribution in [0.3, 0.4) is 0 Å². The molecule has 1 aromatic heterocycles. The highest BCUT2D eigenvalue weighted by molar-refractivity contribution is 8.01. The maximum Gasteiger partial charge on any atom is 0.206 e. The van der Waals surface area contributed by atoms with E-state index in [0.717, 1.165) is 16.0 Å². The first-order chi connectivity index (χ1) is 8.74. The summed E-state index contributed by atoms with van der Waals surface area (Å²) in [5.74, 6) is 0.662. The number of nitrogens with zero attached hydrogens (tertiary/aromatic N) is 2. The number of halogens is 1. The van der Waals surface area contributed by atoms with Crippen molar-refractivity contribution in [1.29, 1.82) is 0 Å². The standard InChI is InChI=1S/C12H12ClN3S2/c1-9(13)8-17-12-16-15-11(18-12)14-7-10-5-3-2-4-6-10/h2-6H,1,7-8H2,(H,14,15). The lowest BCUT2D eigenvalue weighted by atomic mass is 10.2. The molecule has 0 fully saturated rings. The molecule has 6 heteroatoms. The summed E-state index contributed by atoms with van der Waals surface area (Å²) in [6.07, 6.45) is 0. The van der Waals surface area contributed by atoms with Gasteiger partial charge in [-0.2, -0.15) is 0 Å². The van der Waals surface area contributed by atoms with Crippen molar-refractivity contribution in [2.45, 2.75) is 10.9 Å². The molecule has 1 heterocycles. The third-order valence-electron chi connectivity index (χ3n) is 2.05. The van der Waals surface area contributed by atoms with E-state index in [1.165, 1.54) is 16.9 Å². The van der Waals surface area contributed by atoms with E-state index in [2.05, 4.69) is 34.2 Å². The van der Waals surface area contributed by atoms with Crippen molar-refractivity contribution in [2.24, 2.45) is 0 Å². The molecule has 18 heavy (non-hydrogen) atoms. The van der Waals surface area contributed by atoms with E-state index < -0.39 is 0 Å². The molecule has 0 bridgehead atoms. The van der Waals surface area contributed by atoms with Crippen LogP contribution < -0.4 is 5.32 Å². The van der Waals surface area contributed by atoms with Crippen LogP contribution in [0.2, 0.25) is 0 Å². The van der Waals surface area contributed by atoms with Crippen molar-refractivity contribution in [1.82, 2.24) is 10.2 Å². The highest BCUT2D eigenvalue weighted by Crippen LogP contribution is 2.27. The van der Waals surface area contributed by atoms with E-state index in [-0.39, 0.29) is 0 Å². The van der Waals surface area contributed by atoms with E-state index in [4.69, 9.17) is 11.6 Å². The number of nitrogens with one attached hydrogen (secondary N) is 1. The number of rotatable bonds is 6. The highest BCUT2D eigenvalue weighted by atomic mass is 35.5. The van der Waals surface area contributed by atoms with E-state index in [9.17, 15) is 0 Å². The summed E-state index contributed by atoms with van der Waals surface area (Å²) in [6.45, 7) is 4.39. The van der Waals surface area contributed by atoms with Gasteiger partial charge in [-0.1, -0.05) is 71.6 Å². The largest absolute Gasteiger partial charge is 0.356 e. The van der Waals surface area contributed by atoms with E-state index in [0.29, 0.717) is 10.8 Å². The van der Waals surface area contributed by atoms with Crippen molar-refractivity contribution >= 4 is 39.8 Å². The molecule has 94 valence electrons. The minimum atomic E-state index is 0.619. The average molecular weight is 298 g/mol. The van der Waals surface area contributed by atoms with Gasteiger partial charge >= 0.3 is 0 Å². The Morgan fingerprint density at radius 1 is 1.33 bits per heavy atom. The number of benzene rings is 1. The van der Waals surface area contributed by atoms with Crippen LogP contribution in [0.4, 0.5) is 5.13 Å². The number of hydrogen-bond donors (Lipinski definition) is 1. The van der Waals surface area contributed by atoms with Crippen LogP contribution in [0.25, 0.3) is 0 Å². The van der Waals surface area contributed by atoms with Crippen molar-refractivity contribution in [3.05, 3.63) is 47.5 Å². The molecule has 3 nitrogen and oxygen atoms in total. The Kier molecular flexibility index (Phi) is 5.04. The lowest BCUT2D eigenvalue weighted by Crippen LogP contribution is -1.98. The van der Waals surface area contributed by atoms with Gasteiger partial charge < -0.3 is 5.32 Å². The van der Waals surface area contributed by atoms with Gasteiger partial charge in [-0.25, -0.2) is 0 Å². The Balaban J connectivity index is 1.85. The van der Waals surface area contributed by atoms with Crippen molar-refractivity contribution < 1.29 is 0 Å². The second-order valence-corrected chi connectivity index (χ2v) is 6.25. The zero-order valence-electron chi connectivity index (χ0n) is 9.60. The molecule has 0 saturated carbocycles. The fourth-order valence-electron chi connectivity index (χ4n) is 1.25. The smallest absolute Gasteiger partial charge is 0.206 e. The van der Waals surface area contributed by atoms with E-state index in [1.54, 1.807) is 11.8 Å². The topological polar surface area (TPSA) is 37.8 Å². The summed E-state index contributed by atoms with van der Waals surface area (Å²) in [7, 11) is 0. The maximum absolute atomic E-state index is 5.70. The summed E-state index contributed by atoms with van der Waals surface area (Å²) in [6, 6.07) is 10.2. The fourth-order valence-corrected chi connectivity index (χ4v) is 2.92.